The maximum absolute atomic E-state index is 11.8. The normalized spacial score (nSPS) is 16.8. The van der Waals surface area contributed by atoms with Crippen LogP contribution in [0, 0.1) is 0 Å². The molecule has 1 fully saturated rings. The van der Waals surface area contributed by atoms with Crippen molar-refractivity contribution in [1.82, 2.24) is 25.1 Å². The fourth-order valence-corrected chi connectivity index (χ4v) is 2.38. The molecular formula is C14H25N5O. The molecule has 1 amide bonds. The van der Waals surface area contributed by atoms with E-state index in [1.807, 2.05) is 12.5 Å². The Morgan fingerprint density at radius 2 is 2.25 bits per heavy atom. The van der Waals surface area contributed by atoms with Crippen LogP contribution in [0.25, 0.3) is 0 Å². The van der Waals surface area contributed by atoms with Gasteiger partial charge in [-0.2, -0.15) is 0 Å². The molecule has 1 aromatic rings. The number of hydrogen-bond acceptors (Lipinski definition) is 4. The number of carbonyl (C=O) groups is 1. The van der Waals surface area contributed by atoms with E-state index >= 15 is 0 Å². The van der Waals surface area contributed by atoms with Crippen molar-refractivity contribution in [3.05, 3.63) is 18.7 Å². The second kappa shape index (κ2) is 8.71. The molecule has 6 nitrogen and oxygen atoms in total. The van der Waals surface area contributed by atoms with Crippen molar-refractivity contribution >= 4 is 5.91 Å². The summed E-state index contributed by atoms with van der Waals surface area (Å²) >= 11 is 0. The Balaban J connectivity index is 1.51. The molecule has 20 heavy (non-hydrogen) atoms. The number of aryl methyl sites for hydroxylation is 1. The first-order valence-corrected chi connectivity index (χ1v) is 7.50. The van der Waals surface area contributed by atoms with Crippen molar-refractivity contribution in [3.63, 3.8) is 0 Å². The van der Waals surface area contributed by atoms with Gasteiger partial charge >= 0.3 is 0 Å². The first-order valence-electron chi connectivity index (χ1n) is 7.50. The SMILES string of the molecule is O=C(CN1CCCNCC1)NCCCCn1ccnc1. The van der Waals surface area contributed by atoms with Crippen LogP contribution >= 0.6 is 0 Å². The third kappa shape index (κ3) is 5.71. The van der Waals surface area contributed by atoms with E-state index in [2.05, 4.69) is 25.1 Å². The first kappa shape index (κ1) is 15.0. The molecule has 1 saturated heterocycles. The van der Waals surface area contributed by atoms with Gasteiger partial charge in [0.2, 0.25) is 5.91 Å². The molecule has 2 rings (SSSR count). The molecule has 1 aliphatic heterocycles. The van der Waals surface area contributed by atoms with Gasteiger partial charge in [0.15, 0.2) is 0 Å². The predicted octanol–water partition coefficient (Wildman–Crippen LogP) is 0.0748. The summed E-state index contributed by atoms with van der Waals surface area (Å²) in [5.74, 6) is 0.148. The third-order valence-electron chi connectivity index (χ3n) is 3.52. The standard InChI is InChI=1S/C14H25N5O/c20-14(12-18-9-3-4-15-6-10-18)17-5-1-2-8-19-11-7-16-13-19/h7,11,13,15H,1-6,8-10,12H2,(H,17,20). The Kier molecular flexibility index (Phi) is 6.53. The number of hydrogen-bond donors (Lipinski definition) is 2. The molecule has 2 heterocycles. The van der Waals surface area contributed by atoms with Gasteiger partial charge in [0.25, 0.3) is 0 Å². The quantitative estimate of drug-likeness (QED) is 0.694. The number of nitrogens with zero attached hydrogens (tertiary/aromatic N) is 3. The molecule has 112 valence electrons. The minimum atomic E-state index is 0.148. The lowest BCUT2D eigenvalue weighted by molar-refractivity contribution is -0.122. The second-order valence-corrected chi connectivity index (χ2v) is 5.24. The molecule has 0 radical (unpaired) electrons. The van der Waals surface area contributed by atoms with Crippen LogP contribution in [0.3, 0.4) is 0 Å². The second-order valence-electron chi connectivity index (χ2n) is 5.24. The summed E-state index contributed by atoms with van der Waals surface area (Å²) in [6, 6.07) is 0. The van der Waals surface area contributed by atoms with Crippen molar-refractivity contribution in [3.8, 4) is 0 Å². The lowest BCUT2D eigenvalue weighted by Crippen LogP contribution is -2.39. The molecule has 1 aromatic heterocycles. The summed E-state index contributed by atoms with van der Waals surface area (Å²) in [6.45, 7) is 6.29. The highest BCUT2D eigenvalue weighted by molar-refractivity contribution is 5.77. The number of unbranched alkanes of at least 4 members (excludes halogenated alkanes) is 1. The van der Waals surface area contributed by atoms with Crippen LogP contribution in [0.2, 0.25) is 0 Å². The van der Waals surface area contributed by atoms with E-state index < -0.39 is 0 Å². The van der Waals surface area contributed by atoms with E-state index in [0.29, 0.717) is 6.54 Å². The van der Waals surface area contributed by atoms with Gasteiger partial charge in [0.1, 0.15) is 0 Å². The van der Waals surface area contributed by atoms with Crippen molar-refractivity contribution in [2.75, 3.05) is 39.3 Å². The summed E-state index contributed by atoms with van der Waals surface area (Å²) in [5.41, 5.74) is 0. The van der Waals surface area contributed by atoms with Gasteiger partial charge in [0, 0.05) is 38.6 Å². The third-order valence-corrected chi connectivity index (χ3v) is 3.52. The summed E-state index contributed by atoms with van der Waals surface area (Å²) < 4.78 is 2.06. The van der Waals surface area contributed by atoms with Gasteiger partial charge in [-0.3, -0.25) is 9.69 Å². The number of aromatic nitrogens is 2. The topological polar surface area (TPSA) is 62.2 Å². The maximum Gasteiger partial charge on any atom is 0.234 e. The van der Waals surface area contributed by atoms with E-state index in [-0.39, 0.29) is 5.91 Å². The summed E-state index contributed by atoms with van der Waals surface area (Å²) in [7, 11) is 0. The number of nitrogens with one attached hydrogen (secondary N) is 2. The molecule has 0 bridgehead atoms. The van der Waals surface area contributed by atoms with Crippen LogP contribution in [0.4, 0.5) is 0 Å². The fraction of sp³-hybridized carbons (Fsp3) is 0.714. The van der Waals surface area contributed by atoms with Gasteiger partial charge in [-0.15, -0.1) is 0 Å². The molecule has 6 heteroatoms. The summed E-state index contributed by atoms with van der Waals surface area (Å²) in [4.78, 5) is 18.1. The molecule has 0 saturated carbocycles. The molecule has 2 N–H and O–H groups in total. The van der Waals surface area contributed by atoms with Crippen molar-refractivity contribution in [1.29, 1.82) is 0 Å². The largest absolute Gasteiger partial charge is 0.355 e. The zero-order valence-electron chi connectivity index (χ0n) is 12.1. The van der Waals surface area contributed by atoms with Crippen LogP contribution in [-0.2, 0) is 11.3 Å². The molecular weight excluding hydrogens is 254 g/mol. The monoisotopic (exact) mass is 279 g/mol. The van der Waals surface area contributed by atoms with E-state index in [0.717, 1.165) is 58.5 Å². The zero-order chi connectivity index (χ0) is 14.0. The Hall–Kier alpha value is -1.40. The van der Waals surface area contributed by atoms with E-state index in [1.54, 1.807) is 6.20 Å². The predicted molar refractivity (Wildman–Crippen MR) is 78.4 cm³/mol. The lowest BCUT2D eigenvalue weighted by atomic mass is 10.3. The van der Waals surface area contributed by atoms with Gasteiger partial charge in [-0.05, 0) is 32.4 Å². The highest BCUT2D eigenvalue weighted by Crippen LogP contribution is 1.96. The fourth-order valence-electron chi connectivity index (χ4n) is 2.38. The molecule has 0 atom stereocenters. The van der Waals surface area contributed by atoms with Crippen LogP contribution in [0.5, 0.6) is 0 Å². The molecule has 0 aliphatic carbocycles. The van der Waals surface area contributed by atoms with E-state index in [4.69, 9.17) is 0 Å². The maximum atomic E-state index is 11.8. The number of imidazole rings is 1. The van der Waals surface area contributed by atoms with Crippen LogP contribution in [0.1, 0.15) is 19.3 Å². The van der Waals surface area contributed by atoms with Crippen molar-refractivity contribution in [2.45, 2.75) is 25.8 Å². The summed E-state index contributed by atoms with van der Waals surface area (Å²) in [5, 5.41) is 6.35. The average Bonchev–Trinajstić information content (AvgIpc) is 2.83. The zero-order valence-corrected chi connectivity index (χ0v) is 12.1. The first-order chi connectivity index (χ1) is 9.84. The summed E-state index contributed by atoms with van der Waals surface area (Å²) in [6.07, 6.45) is 8.77. The molecule has 1 aliphatic rings. The Morgan fingerprint density at radius 1 is 1.30 bits per heavy atom. The molecule has 0 unspecified atom stereocenters. The Bertz CT molecular complexity index is 371. The van der Waals surface area contributed by atoms with E-state index in [1.165, 1.54) is 0 Å². The minimum absolute atomic E-state index is 0.148. The van der Waals surface area contributed by atoms with Gasteiger partial charge in [0.05, 0.1) is 12.9 Å². The Morgan fingerprint density at radius 3 is 3.10 bits per heavy atom. The van der Waals surface area contributed by atoms with E-state index in [9.17, 15) is 4.79 Å². The number of carbonyl (C=O) groups excluding carboxylic acids is 1. The molecule has 0 spiro atoms. The van der Waals surface area contributed by atoms with Crippen LogP contribution in [0.15, 0.2) is 18.7 Å². The highest BCUT2D eigenvalue weighted by Gasteiger charge is 2.11. The average molecular weight is 279 g/mol. The van der Waals surface area contributed by atoms with Gasteiger partial charge in [-0.1, -0.05) is 0 Å². The van der Waals surface area contributed by atoms with Crippen LogP contribution < -0.4 is 10.6 Å². The number of amides is 1. The number of rotatable bonds is 7. The smallest absolute Gasteiger partial charge is 0.234 e. The highest BCUT2D eigenvalue weighted by atomic mass is 16.2. The van der Waals surface area contributed by atoms with Gasteiger partial charge < -0.3 is 15.2 Å². The van der Waals surface area contributed by atoms with Crippen molar-refractivity contribution < 1.29 is 4.79 Å². The van der Waals surface area contributed by atoms with Gasteiger partial charge in [-0.25, -0.2) is 4.98 Å². The Labute approximate surface area is 120 Å². The lowest BCUT2D eigenvalue weighted by Gasteiger charge is -2.18. The van der Waals surface area contributed by atoms with Crippen LogP contribution in [-0.4, -0.2) is 59.6 Å². The molecule has 0 aromatic carbocycles. The van der Waals surface area contributed by atoms with Crippen molar-refractivity contribution in [2.24, 2.45) is 0 Å². The minimum Gasteiger partial charge on any atom is -0.355 e.